The van der Waals surface area contributed by atoms with Crippen LogP contribution in [0.4, 0.5) is 0 Å². The smallest absolute Gasteiger partial charge is 0.138 e. The van der Waals surface area contributed by atoms with Gasteiger partial charge in [-0.1, -0.05) is 85.8 Å². The Bertz CT molecular complexity index is 981. The molecule has 0 heterocycles. The van der Waals surface area contributed by atoms with Crippen LogP contribution in [0.15, 0.2) is 84.4 Å². The van der Waals surface area contributed by atoms with Crippen LogP contribution < -0.4 is 0 Å². The van der Waals surface area contributed by atoms with E-state index in [1.165, 1.54) is 5.56 Å². The largest absolute Gasteiger partial charge is 0.192 e. The van der Waals surface area contributed by atoms with Gasteiger partial charge in [0, 0.05) is 5.57 Å². The highest BCUT2D eigenvalue weighted by Gasteiger charge is 2.12. The second kappa shape index (κ2) is 7.97. The van der Waals surface area contributed by atoms with Crippen LogP contribution >= 0.6 is 0 Å². The lowest BCUT2D eigenvalue weighted by atomic mass is 9.91. The summed E-state index contributed by atoms with van der Waals surface area (Å²) in [5, 5.41) is 18.8. The van der Waals surface area contributed by atoms with Crippen molar-refractivity contribution in [2.24, 2.45) is 0 Å². The Morgan fingerprint density at radius 2 is 1.19 bits per heavy atom. The predicted molar refractivity (Wildman–Crippen MR) is 105 cm³/mol. The average molecular weight is 334 g/mol. The lowest BCUT2D eigenvalue weighted by molar-refractivity contribution is 1.14. The highest BCUT2D eigenvalue weighted by atomic mass is 14.3. The number of aryl methyl sites for hydroxylation is 1. The standard InChI is InChI=1S/C24H18N2/c1-2-18-8-10-21(11-9-18)24(23(16-25)17-26)22-14-12-20(13-15-22)19-6-4-3-5-7-19/h3-15H,2H2,1H3. The van der Waals surface area contributed by atoms with E-state index in [9.17, 15) is 10.5 Å². The van der Waals surface area contributed by atoms with Crippen molar-refractivity contribution in [3.63, 3.8) is 0 Å². The summed E-state index contributed by atoms with van der Waals surface area (Å²) in [6.45, 7) is 2.10. The summed E-state index contributed by atoms with van der Waals surface area (Å²) in [5.74, 6) is 0. The first-order valence-corrected chi connectivity index (χ1v) is 8.56. The van der Waals surface area contributed by atoms with E-state index in [1.54, 1.807) is 0 Å². The predicted octanol–water partition coefficient (Wildman–Crippen LogP) is 5.77. The summed E-state index contributed by atoms with van der Waals surface area (Å²) < 4.78 is 0. The van der Waals surface area contributed by atoms with E-state index in [4.69, 9.17) is 0 Å². The van der Waals surface area contributed by atoms with Gasteiger partial charge in [0.2, 0.25) is 0 Å². The molecule has 0 radical (unpaired) electrons. The lowest BCUT2D eigenvalue weighted by Gasteiger charge is -2.11. The zero-order valence-electron chi connectivity index (χ0n) is 14.6. The molecule has 0 aliphatic carbocycles. The molecule has 3 aromatic rings. The minimum atomic E-state index is 0.127. The number of nitrogens with zero attached hydrogens (tertiary/aromatic N) is 2. The maximum absolute atomic E-state index is 9.42. The molecule has 2 heteroatoms. The third-order valence-corrected chi connectivity index (χ3v) is 4.41. The first-order chi connectivity index (χ1) is 12.8. The van der Waals surface area contributed by atoms with E-state index in [1.807, 2.05) is 78.9 Å². The molecular weight excluding hydrogens is 316 g/mol. The van der Waals surface area contributed by atoms with Gasteiger partial charge in [0.05, 0.1) is 0 Å². The van der Waals surface area contributed by atoms with Crippen LogP contribution in [0.5, 0.6) is 0 Å². The van der Waals surface area contributed by atoms with Gasteiger partial charge in [0.1, 0.15) is 17.7 Å². The zero-order chi connectivity index (χ0) is 18.4. The van der Waals surface area contributed by atoms with Crippen molar-refractivity contribution in [3.8, 4) is 23.3 Å². The van der Waals surface area contributed by atoms with E-state index in [2.05, 4.69) is 19.1 Å². The second-order valence-electron chi connectivity index (χ2n) is 5.97. The molecule has 0 aliphatic rings. The molecule has 0 aliphatic heterocycles. The van der Waals surface area contributed by atoms with Gasteiger partial charge >= 0.3 is 0 Å². The quantitative estimate of drug-likeness (QED) is 0.569. The number of rotatable bonds is 4. The minimum absolute atomic E-state index is 0.127. The number of allylic oxidation sites excluding steroid dienone is 1. The summed E-state index contributed by atoms with van der Waals surface area (Å²) in [7, 11) is 0. The monoisotopic (exact) mass is 334 g/mol. The minimum Gasteiger partial charge on any atom is -0.192 e. The van der Waals surface area contributed by atoms with E-state index in [0.29, 0.717) is 5.57 Å². The van der Waals surface area contributed by atoms with Crippen LogP contribution in [0.1, 0.15) is 23.6 Å². The molecule has 0 unspecified atom stereocenters. The number of hydrogen-bond acceptors (Lipinski definition) is 2. The van der Waals surface area contributed by atoms with Crippen LogP contribution in [0.2, 0.25) is 0 Å². The fourth-order valence-electron chi connectivity index (χ4n) is 2.96. The van der Waals surface area contributed by atoms with Crippen LogP contribution in [0.25, 0.3) is 16.7 Å². The molecule has 0 fully saturated rings. The number of nitriles is 2. The summed E-state index contributed by atoms with van der Waals surface area (Å²) in [6, 6.07) is 30.3. The third-order valence-electron chi connectivity index (χ3n) is 4.41. The molecule has 0 N–H and O–H groups in total. The molecule has 124 valence electrons. The van der Waals surface area contributed by atoms with Gasteiger partial charge in [0.25, 0.3) is 0 Å². The van der Waals surface area contributed by atoms with Crippen molar-refractivity contribution < 1.29 is 0 Å². The Morgan fingerprint density at radius 3 is 1.69 bits per heavy atom. The number of hydrogen-bond donors (Lipinski definition) is 0. The topological polar surface area (TPSA) is 47.6 Å². The van der Waals surface area contributed by atoms with Gasteiger partial charge in [-0.05, 0) is 34.2 Å². The summed E-state index contributed by atoms with van der Waals surface area (Å²) in [5.41, 5.74) is 6.02. The van der Waals surface area contributed by atoms with Crippen LogP contribution in [0, 0.1) is 22.7 Å². The maximum atomic E-state index is 9.42. The van der Waals surface area contributed by atoms with Crippen molar-refractivity contribution in [1.82, 2.24) is 0 Å². The van der Waals surface area contributed by atoms with E-state index >= 15 is 0 Å². The van der Waals surface area contributed by atoms with Crippen molar-refractivity contribution in [2.45, 2.75) is 13.3 Å². The Kier molecular flexibility index (Phi) is 5.28. The first-order valence-electron chi connectivity index (χ1n) is 8.56. The molecule has 26 heavy (non-hydrogen) atoms. The van der Waals surface area contributed by atoms with E-state index < -0.39 is 0 Å². The van der Waals surface area contributed by atoms with Crippen LogP contribution in [0.3, 0.4) is 0 Å². The summed E-state index contributed by atoms with van der Waals surface area (Å²) in [4.78, 5) is 0. The van der Waals surface area contributed by atoms with E-state index in [-0.39, 0.29) is 5.57 Å². The fourth-order valence-corrected chi connectivity index (χ4v) is 2.96. The Labute approximate surface area is 154 Å². The van der Waals surface area contributed by atoms with E-state index in [0.717, 1.165) is 28.7 Å². The van der Waals surface area contributed by atoms with Gasteiger partial charge in [-0.15, -0.1) is 0 Å². The molecule has 0 saturated carbocycles. The van der Waals surface area contributed by atoms with Crippen LogP contribution in [-0.2, 0) is 6.42 Å². The van der Waals surface area contributed by atoms with Crippen molar-refractivity contribution >= 4 is 5.57 Å². The molecule has 3 rings (SSSR count). The molecule has 0 aromatic heterocycles. The molecule has 0 atom stereocenters. The molecule has 3 aromatic carbocycles. The lowest BCUT2D eigenvalue weighted by Crippen LogP contribution is -1.93. The van der Waals surface area contributed by atoms with Gasteiger partial charge in [-0.25, -0.2) is 0 Å². The van der Waals surface area contributed by atoms with Gasteiger partial charge in [0.15, 0.2) is 0 Å². The van der Waals surface area contributed by atoms with Gasteiger partial charge in [-0.2, -0.15) is 10.5 Å². The SMILES string of the molecule is CCc1ccc(C(=C(C#N)C#N)c2ccc(-c3ccccc3)cc2)cc1. The summed E-state index contributed by atoms with van der Waals surface area (Å²) in [6.07, 6.45) is 0.953. The van der Waals surface area contributed by atoms with Crippen molar-refractivity contribution in [2.75, 3.05) is 0 Å². The van der Waals surface area contributed by atoms with Crippen molar-refractivity contribution in [1.29, 1.82) is 10.5 Å². The maximum Gasteiger partial charge on any atom is 0.138 e. The molecule has 0 amide bonds. The molecule has 0 spiro atoms. The number of benzene rings is 3. The third kappa shape index (κ3) is 3.56. The molecule has 0 bridgehead atoms. The highest BCUT2D eigenvalue weighted by molar-refractivity contribution is 5.87. The average Bonchev–Trinajstić information content (AvgIpc) is 2.73. The fraction of sp³-hybridized carbons (Fsp3) is 0.0833. The van der Waals surface area contributed by atoms with Gasteiger partial charge < -0.3 is 0 Å². The second-order valence-corrected chi connectivity index (χ2v) is 5.97. The summed E-state index contributed by atoms with van der Waals surface area (Å²) >= 11 is 0. The first kappa shape index (κ1) is 17.2. The van der Waals surface area contributed by atoms with Crippen molar-refractivity contribution in [3.05, 3.63) is 101 Å². The molecule has 2 nitrogen and oxygen atoms in total. The Morgan fingerprint density at radius 1 is 0.692 bits per heavy atom. The Hall–Kier alpha value is -3.62. The molecule has 0 saturated heterocycles. The van der Waals surface area contributed by atoms with Gasteiger partial charge in [-0.3, -0.25) is 0 Å². The highest BCUT2D eigenvalue weighted by Crippen LogP contribution is 2.29. The molecular formula is C24H18N2. The van der Waals surface area contributed by atoms with Crippen LogP contribution in [-0.4, -0.2) is 0 Å². The normalized spacial score (nSPS) is 9.81. The Balaban J connectivity index is 2.07. The zero-order valence-corrected chi connectivity index (χ0v) is 14.6.